The van der Waals surface area contributed by atoms with Crippen molar-refractivity contribution in [2.24, 2.45) is 7.05 Å². The molecule has 0 spiro atoms. The lowest BCUT2D eigenvalue weighted by Gasteiger charge is -2.12. The molecule has 0 radical (unpaired) electrons. The Hall–Kier alpha value is -1.34. The molecule has 7 heteroatoms. The molecule has 96 valence electrons. The molecular weight excluding hydrogens is 244 g/mol. The van der Waals surface area contributed by atoms with Crippen molar-refractivity contribution < 1.29 is 18.3 Å². The molecule has 0 unspecified atom stereocenters. The van der Waals surface area contributed by atoms with Crippen molar-refractivity contribution in [2.75, 3.05) is 0 Å². The van der Waals surface area contributed by atoms with Gasteiger partial charge in [0.25, 0.3) is 0 Å². The first-order chi connectivity index (χ1) is 7.86. The predicted molar refractivity (Wildman–Crippen MR) is 62.1 cm³/mol. The van der Waals surface area contributed by atoms with Crippen LogP contribution in [0.5, 0.6) is 0 Å². The van der Waals surface area contributed by atoms with Gasteiger partial charge in [0.1, 0.15) is 6.04 Å². The molecule has 17 heavy (non-hydrogen) atoms. The first-order valence-corrected chi connectivity index (χ1v) is 6.72. The highest BCUT2D eigenvalue weighted by Crippen LogP contribution is 2.10. The molecule has 1 atom stereocenters. The summed E-state index contributed by atoms with van der Waals surface area (Å²) in [7, 11) is -2.06. The van der Waals surface area contributed by atoms with Crippen LogP contribution < -0.4 is 4.72 Å². The molecular formula is C10H16N2O4S. The average molecular weight is 260 g/mol. The maximum Gasteiger partial charge on any atom is 0.321 e. The van der Waals surface area contributed by atoms with E-state index in [9.17, 15) is 13.2 Å². The molecule has 0 amide bonds. The van der Waals surface area contributed by atoms with E-state index >= 15 is 0 Å². The van der Waals surface area contributed by atoms with Crippen LogP contribution in [0.2, 0.25) is 0 Å². The van der Waals surface area contributed by atoms with E-state index in [4.69, 9.17) is 5.11 Å². The Balaban J connectivity index is 2.88. The number of nitrogens with zero attached hydrogens (tertiary/aromatic N) is 1. The summed E-state index contributed by atoms with van der Waals surface area (Å²) in [6, 6.07) is 0.345. The van der Waals surface area contributed by atoms with Gasteiger partial charge in [-0.3, -0.25) is 4.79 Å². The Morgan fingerprint density at radius 3 is 2.65 bits per heavy atom. The summed E-state index contributed by atoms with van der Waals surface area (Å²) in [6.45, 7) is 1.80. The number of carboxylic acid groups (broad SMARTS) is 1. The standard InChI is InChI=1S/C10H16N2O4S/c1-3-4-9(10(13)14)11-17(15,16)8-5-6-12(2)7-8/h5-7,9,11H,3-4H2,1-2H3,(H,13,14)/t9-/m0/s1. The van der Waals surface area contributed by atoms with Crippen LogP contribution in [-0.2, 0) is 21.9 Å². The molecule has 0 saturated carbocycles. The summed E-state index contributed by atoms with van der Waals surface area (Å²) in [5.74, 6) is -1.16. The van der Waals surface area contributed by atoms with Crippen molar-refractivity contribution in [3.8, 4) is 0 Å². The van der Waals surface area contributed by atoms with Gasteiger partial charge in [-0.1, -0.05) is 13.3 Å². The lowest BCUT2D eigenvalue weighted by molar-refractivity contribution is -0.139. The number of nitrogens with one attached hydrogen (secondary N) is 1. The van der Waals surface area contributed by atoms with Gasteiger partial charge in [0.05, 0.1) is 4.90 Å². The van der Waals surface area contributed by atoms with Gasteiger partial charge in [-0.05, 0) is 12.5 Å². The van der Waals surface area contributed by atoms with E-state index in [1.807, 2.05) is 0 Å². The van der Waals surface area contributed by atoms with Crippen molar-refractivity contribution in [1.82, 2.24) is 9.29 Å². The first-order valence-electron chi connectivity index (χ1n) is 5.24. The van der Waals surface area contributed by atoms with Crippen molar-refractivity contribution >= 4 is 16.0 Å². The van der Waals surface area contributed by atoms with E-state index in [0.29, 0.717) is 6.42 Å². The smallest absolute Gasteiger partial charge is 0.321 e. The first kappa shape index (κ1) is 13.7. The highest BCUT2D eigenvalue weighted by atomic mass is 32.2. The van der Waals surface area contributed by atoms with Gasteiger partial charge in [-0.2, -0.15) is 4.72 Å². The second-order valence-electron chi connectivity index (χ2n) is 3.81. The van der Waals surface area contributed by atoms with Crippen molar-refractivity contribution in [3.63, 3.8) is 0 Å². The molecule has 1 heterocycles. The van der Waals surface area contributed by atoms with Gasteiger partial charge in [0, 0.05) is 19.4 Å². The lowest BCUT2D eigenvalue weighted by Crippen LogP contribution is -2.40. The number of aliphatic carboxylic acids is 1. The van der Waals surface area contributed by atoms with Crippen molar-refractivity contribution in [1.29, 1.82) is 0 Å². The fraction of sp³-hybridized carbons (Fsp3) is 0.500. The van der Waals surface area contributed by atoms with Crippen LogP contribution in [-0.4, -0.2) is 30.1 Å². The summed E-state index contributed by atoms with van der Waals surface area (Å²) in [6.07, 6.45) is 3.87. The Morgan fingerprint density at radius 1 is 1.59 bits per heavy atom. The number of hydrogen-bond donors (Lipinski definition) is 2. The summed E-state index contributed by atoms with van der Waals surface area (Å²) in [5.41, 5.74) is 0. The van der Waals surface area contributed by atoms with Crippen molar-refractivity contribution in [2.45, 2.75) is 30.7 Å². The van der Waals surface area contributed by atoms with Crippen LogP contribution in [0.15, 0.2) is 23.4 Å². The number of aryl methyl sites for hydroxylation is 1. The summed E-state index contributed by atoms with van der Waals surface area (Å²) in [5, 5.41) is 8.89. The molecule has 1 rings (SSSR count). The Labute approximate surface area is 100 Å². The lowest BCUT2D eigenvalue weighted by atomic mass is 10.2. The second-order valence-corrected chi connectivity index (χ2v) is 5.53. The topological polar surface area (TPSA) is 88.4 Å². The quantitative estimate of drug-likeness (QED) is 0.782. The van der Waals surface area contributed by atoms with Gasteiger partial charge in [-0.25, -0.2) is 8.42 Å². The second kappa shape index (κ2) is 5.33. The molecule has 0 aromatic carbocycles. The van der Waals surface area contributed by atoms with Crippen LogP contribution in [0, 0.1) is 0 Å². The predicted octanol–water partition coefficient (Wildman–Crippen LogP) is 0.557. The SMILES string of the molecule is CCC[C@H](NS(=O)(=O)c1ccn(C)c1)C(=O)O. The molecule has 1 aromatic heterocycles. The number of aromatic nitrogens is 1. The van der Waals surface area contributed by atoms with Crippen LogP contribution >= 0.6 is 0 Å². The van der Waals surface area contributed by atoms with Gasteiger partial charge < -0.3 is 9.67 Å². The fourth-order valence-electron chi connectivity index (χ4n) is 1.41. The van der Waals surface area contributed by atoms with E-state index in [2.05, 4.69) is 4.72 Å². The minimum atomic E-state index is -3.76. The third-order valence-electron chi connectivity index (χ3n) is 2.29. The Kier molecular flexibility index (Phi) is 4.30. The Morgan fingerprint density at radius 2 is 2.24 bits per heavy atom. The third-order valence-corrected chi connectivity index (χ3v) is 3.74. The zero-order valence-corrected chi connectivity index (χ0v) is 10.6. The molecule has 0 aliphatic heterocycles. The number of hydrogen-bond acceptors (Lipinski definition) is 3. The van der Waals surface area contributed by atoms with Crippen LogP contribution in [0.25, 0.3) is 0 Å². The molecule has 0 saturated heterocycles. The number of rotatable bonds is 6. The molecule has 0 bridgehead atoms. The zero-order chi connectivity index (χ0) is 13.1. The number of carboxylic acids is 1. The van der Waals surface area contributed by atoms with E-state index < -0.39 is 22.0 Å². The van der Waals surface area contributed by atoms with Gasteiger partial charge in [-0.15, -0.1) is 0 Å². The summed E-state index contributed by atoms with van der Waals surface area (Å²) < 4.78 is 27.5. The monoisotopic (exact) mass is 260 g/mol. The normalized spacial score (nSPS) is 13.5. The van der Waals surface area contributed by atoms with Gasteiger partial charge in [0.15, 0.2) is 0 Å². The molecule has 0 aliphatic rings. The fourth-order valence-corrected chi connectivity index (χ4v) is 2.69. The van der Waals surface area contributed by atoms with E-state index in [1.165, 1.54) is 12.3 Å². The summed E-state index contributed by atoms with van der Waals surface area (Å²) in [4.78, 5) is 10.9. The van der Waals surface area contributed by atoms with Gasteiger partial charge in [0.2, 0.25) is 10.0 Å². The minimum absolute atomic E-state index is 0.0716. The van der Waals surface area contributed by atoms with Gasteiger partial charge >= 0.3 is 5.97 Å². The average Bonchev–Trinajstić information content (AvgIpc) is 2.64. The van der Waals surface area contributed by atoms with Crippen molar-refractivity contribution in [3.05, 3.63) is 18.5 Å². The molecule has 1 aromatic rings. The highest BCUT2D eigenvalue weighted by molar-refractivity contribution is 7.89. The molecule has 6 nitrogen and oxygen atoms in total. The Bertz CT molecular complexity index is 492. The number of carbonyl (C=O) groups is 1. The minimum Gasteiger partial charge on any atom is -0.480 e. The molecule has 0 fully saturated rings. The number of sulfonamides is 1. The van der Waals surface area contributed by atoms with Crippen LogP contribution in [0.4, 0.5) is 0 Å². The van der Waals surface area contributed by atoms with E-state index in [0.717, 1.165) is 0 Å². The maximum atomic E-state index is 11.8. The van der Waals surface area contributed by atoms with E-state index in [-0.39, 0.29) is 11.3 Å². The summed E-state index contributed by atoms with van der Waals surface area (Å²) >= 11 is 0. The largest absolute Gasteiger partial charge is 0.480 e. The highest BCUT2D eigenvalue weighted by Gasteiger charge is 2.24. The third kappa shape index (κ3) is 3.57. The molecule has 2 N–H and O–H groups in total. The zero-order valence-electron chi connectivity index (χ0n) is 9.75. The van der Waals surface area contributed by atoms with Crippen LogP contribution in [0.3, 0.4) is 0 Å². The van der Waals surface area contributed by atoms with Crippen LogP contribution in [0.1, 0.15) is 19.8 Å². The maximum absolute atomic E-state index is 11.8. The van der Waals surface area contributed by atoms with E-state index in [1.54, 1.807) is 24.7 Å². The molecule has 0 aliphatic carbocycles.